The van der Waals surface area contributed by atoms with Crippen LogP contribution in [0.3, 0.4) is 0 Å². The van der Waals surface area contributed by atoms with E-state index in [0.29, 0.717) is 11.8 Å². The number of hydrogen-bond acceptors (Lipinski definition) is 3. The zero-order valence-electron chi connectivity index (χ0n) is 12.6. The quantitative estimate of drug-likeness (QED) is 0.906. The van der Waals surface area contributed by atoms with E-state index in [1.165, 1.54) is 11.1 Å². The van der Waals surface area contributed by atoms with E-state index in [1.54, 1.807) is 0 Å². The van der Waals surface area contributed by atoms with Crippen molar-refractivity contribution in [1.29, 1.82) is 0 Å². The van der Waals surface area contributed by atoms with Crippen molar-refractivity contribution in [1.82, 2.24) is 15.4 Å². The van der Waals surface area contributed by atoms with Crippen molar-refractivity contribution in [2.75, 3.05) is 0 Å². The molecule has 5 nitrogen and oxygen atoms in total. The Labute approximate surface area is 123 Å². The second kappa shape index (κ2) is 7.52. The fraction of sp³-hybridized carbons (Fsp3) is 0.400. The van der Waals surface area contributed by atoms with E-state index < -0.39 is 17.6 Å². The van der Waals surface area contributed by atoms with Crippen LogP contribution in [-0.4, -0.2) is 26.5 Å². The Morgan fingerprint density at radius 3 is 1.95 bits per heavy atom. The minimum Gasteiger partial charge on any atom is -0.476 e. The zero-order valence-corrected chi connectivity index (χ0v) is 12.6. The van der Waals surface area contributed by atoms with E-state index in [0.717, 1.165) is 0 Å². The number of benzene rings is 1. The summed E-state index contributed by atoms with van der Waals surface area (Å²) in [7, 11) is 0. The second-order valence-corrected chi connectivity index (χ2v) is 5.25. The highest BCUT2D eigenvalue weighted by atomic mass is 19.1. The van der Waals surface area contributed by atoms with Gasteiger partial charge in [-0.2, -0.15) is 9.60 Å². The Hall–Kier alpha value is -2.24. The topological polar surface area (TPSA) is 78.9 Å². The first kappa shape index (κ1) is 16.8. The maximum atomic E-state index is 12.0. The number of carboxylic acid groups (broad SMARTS) is 1. The highest BCUT2D eigenvalue weighted by Gasteiger charge is 2.13. The molecule has 6 heteroatoms. The molecule has 2 N–H and O–H groups in total. The molecule has 2 rings (SSSR count). The van der Waals surface area contributed by atoms with Crippen LogP contribution in [-0.2, 0) is 0 Å². The molecule has 0 spiro atoms. The molecule has 1 heterocycles. The van der Waals surface area contributed by atoms with Crippen LogP contribution < -0.4 is 0 Å². The van der Waals surface area contributed by atoms with E-state index in [9.17, 15) is 9.18 Å². The average molecular weight is 293 g/mol. The lowest BCUT2D eigenvalue weighted by Gasteiger charge is -2.09. The Bertz CT molecular complexity index is 571. The summed E-state index contributed by atoms with van der Waals surface area (Å²) in [4.78, 5) is 9.92. The number of aromatic carboxylic acids is 1. The van der Waals surface area contributed by atoms with Gasteiger partial charge in [0.25, 0.3) is 5.95 Å². The number of H-pyrrole nitrogens is 1. The van der Waals surface area contributed by atoms with E-state index >= 15 is 0 Å². The third-order valence-electron chi connectivity index (χ3n) is 2.95. The lowest BCUT2D eigenvalue weighted by molar-refractivity contribution is 0.0685. The minimum absolute atomic E-state index is 0.642. The van der Waals surface area contributed by atoms with Gasteiger partial charge in [0.15, 0.2) is 0 Å². The van der Waals surface area contributed by atoms with Crippen LogP contribution in [0.2, 0.25) is 0 Å². The molecule has 0 saturated heterocycles. The third-order valence-corrected chi connectivity index (χ3v) is 2.95. The van der Waals surface area contributed by atoms with Crippen molar-refractivity contribution in [3.05, 3.63) is 47.0 Å². The monoisotopic (exact) mass is 293 g/mol. The van der Waals surface area contributed by atoms with Crippen molar-refractivity contribution >= 4 is 5.97 Å². The summed E-state index contributed by atoms with van der Waals surface area (Å²) in [5.74, 6) is -1.24. The Balaban J connectivity index is 0.000000219. The molecule has 0 radical (unpaired) electrons. The van der Waals surface area contributed by atoms with Crippen LogP contribution in [0.5, 0.6) is 0 Å². The molecule has 0 aliphatic carbocycles. The van der Waals surface area contributed by atoms with Gasteiger partial charge < -0.3 is 5.11 Å². The molecule has 21 heavy (non-hydrogen) atoms. The SMILES string of the molecule is CC(C)c1cccc(C(C)C)c1.O=C(O)c1n[nH]nc1F. The zero-order chi connectivity index (χ0) is 16.0. The van der Waals surface area contributed by atoms with Crippen molar-refractivity contribution < 1.29 is 14.3 Å². The summed E-state index contributed by atoms with van der Waals surface area (Å²) in [5, 5.41) is 15.8. The lowest BCUT2D eigenvalue weighted by Crippen LogP contribution is -1.99. The van der Waals surface area contributed by atoms with Gasteiger partial charge in [0.05, 0.1) is 0 Å². The van der Waals surface area contributed by atoms with Gasteiger partial charge in [-0.05, 0) is 23.0 Å². The van der Waals surface area contributed by atoms with Gasteiger partial charge in [0.1, 0.15) is 0 Å². The number of hydrogen-bond donors (Lipinski definition) is 2. The fourth-order valence-corrected chi connectivity index (χ4v) is 1.63. The van der Waals surface area contributed by atoms with Gasteiger partial charge in [-0.15, -0.1) is 10.2 Å². The first-order valence-corrected chi connectivity index (χ1v) is 6.72. The van der Waals surface area contributed by atoms with E-state index in [1.807, 2.05) is 5.21 Å². The normalized spacial score (nSPS) is 10.4. The number of aromatic amines is 1. The van der Waals surface area contributed by atoms with Crippen molar-refractivity contribution in [2.45, 2.75) is 39.5 Å². The summed E-state index contributed by atoms with van der Waals surface area (Å²) in [5.41, 5.74) is 2.21. The van der Waals surface area contributed by atoms with Gasteiger partial charge in [-0.25, -0.2) is 4.79 Å². The lowest BCUT2D eigenvalue weighted by atomic mass is 9.96. The van der Waals surface area contributed by atoms with Crippen molar-refractivity contribution in [3.8, 4) is 0 Å². The summed E-state index contributed by atoms with van der Waals surface area (Å²) < 4.78 is 12.0. The molecular formula is C15H20FN3O2. The minimum atomic E-state index is -1.43. The maximum Gasteiger partial charge on any atom is 0.361 e. The molecule has 0 aliphatic heterocycles. The number of carboxylic acids is 1. The molecule has 1 aromatic heterocycles. The largest absolute Gasteiger partial charge is 0.476 e. The number of carbonyl (C=O) groups is 1. The van der Waals surface area contributed by atoms with Crippen LogP contribution in [0.25, 0.3) is 0 Å². The third kappa shape index (κ3) is 4.98. The molecule has 0 aliphatic rings. The standard InChI is InChI=1S/C12H18.C3H2FN3O2/c1-9(2)11-6-5-7-12(8-11)10(3)4;4-2-1(3(8)9)5-7-6-2/h5-10H,1-4H3;(H,8,9)(H,5,6,7). The first-order valence-electron chi connectivity index (χ1n) is 6.72. The molecule has 2 aromatic rings. The molecule has 0 amide bonds. The van der Waals surface area contributed by atoms with Crippen LogP contribution >= 0.6 is 0 Å². The second-order valence-electron chi connectivity index (χ2n) is 5.25. The van der Waals surface area contributed by atoms with Crippen LogP contribution in [0.1, 0.15) is 61.1 Å². The molecule has 0 fully saturated rings. The smallest absolute Gasteiger partial charge is 0.361 e. The number of nitrogens with one attached hydrogen (secondary N) is 1. The predicted molar refractivity (Wildman–Crippen MR) is 77.9 cm³/mol. The number of nitrogens with zero attached hydrogens (tertiary/aromatic N) is 2. The highest BCUT2D eigenvalue weighted by Crippen LogP contribution is 2.20. The maximum absolute atomic E-state index is 12.0. The molecular weight excluding hydrogens is 273 g/mol. The van der Waals surface area contributed by atoms with Gasteiger partial charge in [0.2, 0.25) is 5.69 Å². The Kier molecular flexibility index (Phi) is 6.02. The number of halogens is 1. The Morgan fingerprint density at radius 1 is 1.14 bits per heavy atom. The molecule has 0 bridgehead atoms. The predicted octanol–water partition coefficient (Wildman–Crippen LogP) is 3.58. The molecule has 114 valence electrons. The van der Waals surface area contributed by atoms with Crippen LogP contribution in [0, 0.1) is 5.95 Å². The number of aromatic nitrogens is 3. The summed E-state index contributed by atoms with van der Waals surface area (Å²) in [6.45, 7) is 8.94. The molecule has 0 unspecified atom stereocenters. The van der Waals surface area contributed by atoms with Gasteiger partial charge in [0, 0.05) is 0 Å². The number of rotatable bonds is 3. The van der Waals surface area contributed by atoms with Crippen molar-refractivity contribution in [3.63, 3.8) is 0 Å². The van der Waals surface area contributed by atoms with Crippen LogP contribution in [0.15, 0.2) is 24.3 Å². The van der Waals surface area contributed by atoms with Gasteiger partial charge in [-0.3, -0.25) is 0 Å². The van der Waals surface area contributed by atoms with E-state index in [4.69, 9.17) is 5.11 Å². The first-order chi connectivity index (χ1) is 9.82. The van der Waals surface area contributed by atoms with E-state index in [2.05, 4.69) is 62.2 Å². The fourth-order valence-electron chi connectivity index (χ4n) is 1.63. The van der Waals surface area contributed by atoms with Crippen molar-refractivity contribution in [2.24, 2.45) is 0 Å². The summed E-state index contributed by atoms with van der Waals surface area (Å²) in [6.07, 6.45) is 0. The van der Waals surface area contributed by atoms with Gasteiger partial charge in [-0.1, -0.05) is 52.0 Å². The summed E-state index contributed by atoms with van der Waals surface area (Å²) >= 11 is 0. The van der Waals surface area contributed by atoms with E-state index in [-0.39, 0.29) is 0 Å². The van der Waals surface area contributed by atoms with Gasteiger partial charge >= 0.3 is 5.97 Å². The molecule has 0 saturated carbocycles. The Morgan fingerprint density at radius 2 is 1.67 bits per heavy atom. The van der Waals surface area contributed by atoms with Crippen LogP contribution in [0.4, 0.5) is 4.39 Å². The average Bonchev–Trinajstić information content (AvgIpc) is 2.86. The highest BCUT2D eigenvalue weighted by molar-refractivity contribution is 5.84. The molecule has 1 aromatic carbocycles. The molecule has 0 atom stereocenters. The summed E-state index contributed by atoms with van der Waals surface area (Å²) in [6, 6.07) is 8.88.